The summed E-state index contributed by atoms with van der Waals surface area (Å²) in [4.78, 5) is 25.9. The van der Waals surface area contributed by atoms with Crippen LogP contribution < -0.4 is 9.47 Å². The standard InChI is InChI=1S/C18H22N2O5/c1-3-24-18(22)14-5-4-8-20(11-14)17(21)12-25-15-7-6-13(10-19)9-16(15)23-2/h6-7,9,14H,3-5,8,11-12H2,1-2H3/t14-/m0/s1. The fourth-order valence-electron chi connectivity index (χ4n) is 2.74. The summed E-state index contributed by atoms with van der Waals surface area (Å²) in [6, 6.07) is 6.77. The normalized spacial score (nSPS) is 16.7. The van der Waals surface area contributed by atoms with Gasteiger partial charge >= 0.3 is 5.97 Å². The van der Waals surface area contributed by atoms with Crippen molar-refractivity contribution in [1.82, 2.24) is 4.90 Å². The molecule has 1 amide bonds. The van der Waals surface area contributed by atoms with Crippen molar-refractivity contribution in [2.24, 2.45) is 5.92 Å². The van der Waals surface area contributed by atoms with Gasteiger partial charge in [0.15, 0.2) is 18.1 Å². The molecule has 7 nitrogen and oxygen atoms in total. The highest BCUT2D eigenvalue weighted by atomic mass is 16.5. The van der Waals surface area contributed by atoms with E-state index in [1.807, 2.05) is 6.07 Å². The fourth-order valence-corrected chi connectivity index (χ4v) is 2.74. The minimum absolute atomic E-state index is 0.155. The molecule has 1 aromatic rings. The molecule has 0 aliphatic carbocycles. The van der Waals surface area contributed by atoms with Crippen molar-refractivity contribution < 1.29 is 23.8 Å². The number of piperidine rings is 1. The van der Waals surface area contributed by atoms with E-state index >= 15 is 0 Å². The Hall–Kier alpha value is -2.75. The lowest BCUT2D eigenvalue weighted by atomic mass is 9.98. The van der Waals surface area contributed by atoms with E-state index in [4.69, 9.17) is 19.5 Å². The Kier molecular flexibility index (Phi) is 6.63. The number of benzene rings is 1. The van der Waals surface area contributed by atoms with Crippen LogP contribution in [-0.4, -0.2) is 50.2 Å². The highest BCUT2D eigenvalue weighted by Gasteiger charge is 2.29. The predicted octanol–water partition coefficient (Wildman–Crippen LogP) is 1.75. The highest BCUT2D eigenvalue weighted by Crippen LogP contribution is 2.28. The Bertz CT molecular complexity index is 668. The van der Waals surface area contributed by atoms with Gasteiger partial charge in [-0.3, -0.25) is 9.59 Å². The van der Waals surface area contributed by atoms with E-state index in [1.165, 1.54) is 7.11 Å². The minimum atomic E-state index is -0.276. The molecular weight excluding hydrogens is 324 g/mol. The van der Waals surface area contributed by atoms with Gasteiger partial charge in [0, 0.05) is 19.2 Å². The van der Waals surface area contributed by atoms with Crippen molar-refractivity contribution in [3.05, 3.63) is 23.8 Å². The third-order valence-corrected chi connectivity index (χ3v) is 4.04. The number of ether oxygens (including phenoxy) is 3. The molecule has 25 heavy (non-hydrogen) atoms. The third kappa shape index (κ3) is 4.86. The van der Waals surface area contributed by atoms with Crippen LogP contribution in [-0.2, 0) is 14.3 Å². The summed E-state index contributed by atoms with van der Waals surface area (Å²) in [5.74, 6) is 0.0703. The maximum atomic E-state index is 12.4. The fraction of sp³-hybridized carbons (Fsp3) is 0.500. The largest absolute Gasteiger partial charge is 0.493 e. The molecule has 0 radical (unpaired) electrons. The molecule has 0 spiro atoms. The topological polar surface area (TPSA) is 88.9 Å². The molecule has 0 bridgehead atoms. The van der Waals surface area contributed by atoms with Gasteiger partial charge in [0.25, 0.3) is 5.91 Å². The van der Waals surface area contributed by atoms with Crippen molar-refractivity contribution in [1.29, 1.82) is 5.26 Å². The zero-order valence-corrected chi connectivity index (χ0v) is 14.5. The lowest BCUT2D eigenvalue weighted by molar-refractivity contribution is -0.151. The van der Waals surface area contributed by atoms with Gasteiger partial charge in [-0.2, -0.15) is 5.26 Å². The van der Waals surface area contributed by atoms with Crippen LogP contribution in [0.4, 0.5) is 0 Å². The molecule has 134 valence electrons. The van der Waals surface area contributed by atoms with Crippen LogP contribution in [0.3, 0.4) is 0 Å². The molecule has 1 saturated heterocycles. The molecule has 1 aliphatic heterocycles. The minimum Gasteiger partial charge on any atom is -0.493 e. The molecule has 1 atom stereocenters. The molecule has 0 N–H and O–H groups in total. The van der Waals surface area contributed by atoms with Gasteiger partial charge in [-0.1, -0.05) is 0 Å². The number of carbonyl (C=O) groups excluding carboxylic acids is 2. The van der Waals surface area contributed by atoms with Gasteiger partial charge in [-0.15, -0.1) is 0 Å². The zero-order valence-electron chi connectivity index (χ0n) is 14.5. The van der Waals surface area contributed by atoms with Crippen LogP contribution in [0, 0.1) is 17.2 Å². The van der Waals surface area contributed by atoms with E-state index in [2.05, 4.69) is 0 Å². The van der Waals surface area contributed by atoms with Crippen molar-refractivity contribution in [2.45, 2.75) is 19.8 Å². The van der Waals surface area contributed by atoms with Crippen LogP contribution in [0.2, 0.25) is 0 Å². The summed E-state index contributed by atoms with van der Waals surface area (Å²) >= 11 is 0. The Balaban J connectivity index is 1.94. The van der Waals surface area contributed by atoms with Crippen molar-refractivity contribution >= 4 is 11.9 Å². The second-order valence-corrected chi connectivity index (χ2v) is 5.70. The predicted molar refractivity (Wildman–Crippen MR) is 89.1 cm³/mol. The van der Waals surface area contributed by atoms with Crippen LogP contribution in [0.5, 0.6) is 11.5 Å². The second-order valence-electron chi connectivity index (χ2n) is 5.70. The molecular formula is C18H22N2O5. The lowest BCUT2D eigenvalue weighted by Gasteiger charge is -2.31. The van der Waals surface area contributed by atoms with E-state index in [0.29, 0.717) is 36.8 Å². The summed E-state index contributed by atoms with van der Waals surface area (Å²) in [6.07, 6.45) is 1.49. The highest BCUT2D eigenvalue weighted by molar-refractivity contribution is 5.79. The van der Waals surface area contributed by atoms with E-state index in [0.717, 1.165) is 12.8 Å². The smallest absolute Gasteiger partial charge is 0.310 e. The number of likely N-dealkylation sites (tertiary alicyclic amines) is 1. The van der Waals surface area contributed by atoms with Gasteiger partial charge in [0.2, 0.25) is 0 Å². The number of carbonyl (C=O) groups is 2. The van der Waals surface area contributed by atoms with Gasteiger partial charge in [-0.05, 0) is 31.9 Å². The first kappa shape index (κ1) is 18.6. The van der Waals surface area contributed by atoms with Crippen molar-refractivity contribution in [2.75, 3.05) is 33.4 Å². The number of nitrogens with zero attached hydrogens (tertiary/aromatic N) is 2. The first-order valence-corrected chi connectivity index (χ1v) is 8.24. The van der Waals surface area contributed by atoms with Gasteiger partial charge in [-0.25, -0.2) is 0 Å². The number of hydrogen-bond donors (Lipinski definition) is 0. The van der Waals surface area contributed by atoms with Crippen molar-refractivity contribution in [3.8, 4) is 17.6 Å². The average molecular weight is 346 g/mol. The van der Waals surface area contributed by atoms with E-state index in [1.54, 1.807) is 30.0 Å². The molecule has 1 heterocycles. The summed E-state index contributed by atoms with van der Waals surface area (Å²) in [5.41, 5.74) is 0.448. The summed E-state index contributed by atoms with van der Waals surface area (Å²) in [5, 5.41) is 8.90. The molecule has 0 unspecified atom stereocenters. The first-order valence-electron chi connectivity index (χ1n) is 8.24. The molecule has 2 rings (SSSR count). The van der Waals surface area contributed by atoms with Crippen LogP contribution in [0.1, 0.15) is 25.3 Å². The lowest BCUT2D eigenvalue weighted by Crippen LogP contribution is -2.44. The van der Waals surface area contributed by atoms with Crippen LogP contribution in [0.25, 0.3) is 0 Å². The SMILES string of the molecule is CCOC(=O)[C@H]1CCCN(C(=O)COc2ccc(C#N)cc2OC)C1. The number of amides is 1. The monoisotopic (exact) mass is 346 g/mol. The average Bonchev–Trinajstić information content (AvgIpc) is 2.66. The van der Waals surface area contributed by atoms with E-state index < -0.39 is 0 Å². The number of nitriles is 1. The van der Waals surface area contributed by atoms with Gasteiger partial charge in [0.05, 0.1) is 31.3 Å². The Labute approximate surface area is 147 Å². The summed E-state index contributed by atoms with van der Waals surface area (Å²) < 4.78 is 15.8. The van der Waals surface area contributed by atoms with E-state index in [-0.39, 0.29) is 24.4 Å². The number of esters is 1. The summed E-state index contributed by atoms with van der Waals surface area (Å²) in [7, 11) is 1.47. The van der Waals surface area contributed by atoms with Gasteiger partial charge < -0.3 is 19.1 Å². The number of methoxy groups -OCH3 is 1. The molecule has 0 saturated carbocycles. The first-order chi connectivity index (χ1) is 12.1. The van der Waals surface area contributed by atoms with Crippen molar-refractivity contribution in [3.63, 3.8) is 0 Å². The Morgan fingerprint density at radius 2 is 2.16 bits per heavy atom. The Morgan fingerprint density at radius 1 is 1.36 bits per heavy atom. The molecule has 7 heteroatoms. The number of hydrogen-bond acceptors (Lipinski definition) is 6. The van der Waals surface area contributed by atoms with E-state index in [9.17, 15) is 9.59 Å². The molecule has 1 aromatic carbocycles. The molecule has 1 fully saturated rings. The number of rotatable bonds is 6. The maximum Gasteiger partial charge on any atom is 0.310 e. The quantitative estimate of drug-likeness (QED) is 0.729. The second kappa shape index (κ2) is 8.92. The maximum absolute atomic E-state index is 12.4. The zero-order chi connectivity index (χ0) is 18.2. The molecule has 0 aromatic heterocycles. The summed E-state index contributed by atoms with van der Waals surface area (Å²) in [6.45, 7) is 2.90. The van der Waals surface area contributed by atoms with Crippen LogP contribution in [0.15, 0.2) is 18.2 Å². The van der Waals surface area contributed by atoms with Crippen LogP contribution >= 0.6 is 0 Å². The molecule has 1 aliphatic rings. The Morgan fingerprint density at radius 3 is 2.84 bits per heavy atom. The third-order valence-electron chi connectivity index (χ3n) is 4.04. The van der Waals surface area contributed by atoms with Gasteiger partial charge in [0.1, 0.15) is 0 Å².